The van der Waals surface area contributed by atoms with Gasteiger partial charge in [0.1, 0.15) is 5.69 Å². The summed E-state index contributed by atoms with van der Waals surface area (Å²) in [5.41, 5.74) is 3.14. The summed E-state index contributed by atoms with van der Waals surface area (Å²) in [5.74, 6) is -0.0526. The fraction of sp³-hybridized carbons (Fsp3) is 0.385. The van der Waals surface area contributed by atoms with Crippen LogP contribution in [-0.2, 0) is 6.54 Å². The molecule has 2 saturated heterocycles. The van der Waals surface area contributed by atoms with Crippen LogP contribution in [0.4, 0.5) is 4.79 Å². The molecule has 34 heavy (non-hydrogen) atoms. The van der Waals surface area contributed by atoms with Crippen molar-refractivity contribution in [3.8, 4) is 11.3 Å². The van der Waals surface area contributed by atoms with Gasteiger partial charge >= 0.3 is 6.03 Å². The zero-order chi connectivity index (χ0) is 23.3. The van der Waals surface area contributed by atoms with E-state index in [9.17, 15) is 9.59 Å². The first-order valence-electron chi connectivity index (χ1n) is 12.0. The van der Waals surface area contributed by atoms with E-state index >= 15 is 0 Å². The Hall–Kier alpha value is -3.68. The Bertz CT molecular complexity index is 1120. The van der Waals surface area contributed by atoms with Crippen LogP contribution >= 0.6 is 0 Å². The molecule has 0 bridgehead atoms. The van der Waals surface area contributed by atoms with Crippen molar-refractivity contribution < 1.29 is 9.59 Å². The van der Waals surface area contributed by atoms with Gasteiger partial charge < -0.3 is 14.7 Å². The molecule has 2 fully saturated rings. The summed E-state index contributed by atoms with van der Waals surface area (Å²) in [6, 6.07) is 14.0. The van der Waals surface area contributed by atoms with Crippen LogP contribution in [0.3, 0.4) is 0 Å². The number of likely N-dealkylation sites (tertiary alicyclic amines) is 1. The molecule has 0 radical (unpaired) electrons. The molecule has 5 rings (SSSR count). The number of nitrogens with zero attached hydrogens (tertiary/aromatic N) is 6. The van der Waals surface area contributed by atoms with Crippen LogP contribution in [0.5, 0.6) is 0 Å². The molecule has 0 N–H and O–H groups in total. The lowest BCUT2D eigenvalue weighted by Gasteiger charge is -2.38. The number of piperidine rings is 1. The molecule has 8 heteroatoms. The van der Waals surface area contributed by atoms with Crippen LogP contribution in [0.2, 0.25) is 0 Å². The first-order chi connectivity index (χ1) is 16.7. The van der Waals surface area contributed by atoms with Crippen LogP contribution in [-0.4, -0.2) is 80.7 Å². The van der Waals surface area contributed by atoms with E-state index in [-0.39, 0.29) is 11.9 Å². The Morgan fingerprint density at radius 3 is 2.21 bits per heavy atom. The van der Waals surface area contributed by atoms with Gasteiger partial charge in [0, 0.05) is 63.4 Å². The third-order valence-electron chi connectivity index (χ3n) is 6.58. The smallest absolute Gasteiger partial charge is 0.320 e. The Kier molecular flexibility index (Phi) is 6.56. The van der Waals surface area contributed by atoms with Crippen molar-refractivity contribution in [3.63, 3.8) is 0 Å². The van der Waals surface area contributed by atoms with Crippen molar-refractivity contribution in [2.24, 2.45) is 0 Å². The maximum atomic E-state index is 13.6. The van der Waals surface area contributed by atoms with Crippen LogP contribution in [0, 0.1) is 0 Å². The van der Waals surface area contributed by atoms with Gasteiger partial charge in [0.25, 0.3) is 5.91 Å². The van der Waals surface area contributed by atoms with E-state index in [1.165, 1.54) is 6.42 Å². The van der Waals surface area contributed by atoms with E-state index in [1.54, 1.807) is 12.4 Å². The van der Waals surface area contributed by atoms with E-state index in [2.05, 4.69) is 4.98 Å². The van der Waals surface area contributed by atoms with Crippen molar-refractivity contribution >= 4 is 11.9 Å². The number of urea groups is 1. The quantitative estimate of drug-likeness (QED) is 0.601. The summed E-state index contributed by atoms with van der Waals surface area (Å²) in [5, 5.41) is 4.75. The van der Waals surface area contributed by atoms with Gasteiger partial charge in [0.2, 0.25) is 0 Å². The maximum Gasteiger partial charge on any atom is 0.320 e. The minimum Gasteiger partial charge on any atom is -0.335 e. The average Bonchev–Trinajstić information content (AvgIpc) is 3.33. The standard InChI is InChI=1S/C26H30N6O2/c33-25(29-14-16-31(17-15-29)26(34)30-12-5-2-6-13-30)23-20-32(19-21-8-3-1-4-9-21)28-24(23)22-10-7-11-27-18-22/h1,3-4,7-11,18,20H,2,5-6,12-17,19H2. The molecule has 2 aliphatic heterocycles. The number of amides is 3. The highest BCUT2D eigenvalue weighted by Crippen LogP contribution is 2.24. The fourth-order valence-electron chi connectivity index (χ4n) is 4.70. The van der Waals surface area contributed by atoms with E-state index < -0.39 is 0 Å². The minimum atomic E-state index is -0.0526. The van der Waals surface area contributed by atoms with Gasteiger partial charge in [-0.3, -0.25) is 14.5 Å². The third kappa shape index (κ3) is 4.81. The first-order valence-corrected chi connectivity index (χ1v) is 12.0. The number of carbonyl (C=O) groups excluding carboxylic acids is 2. The van der Waals surface area contributed by atoms with Gasteiger partial charge in [0.05, 0.1) is 12.1 Å². The van der Waals surface area contributed by atoms with Gasteiger partial charge in [-0.25, -0.2) is 4.79 Å². The van der Waals surface area contributed by atoms with Crippen LogP contribution in [0.1, 0.15) is 35.2 Å². The maximum absolute atomic E-state index is 13.6. The van der Waals surface area contributed by atoms with Gasteiger partial charge in [-0.15, -0.1) is 0 Å². The van der Waals surface area contributed by atoms with Gasteiger partial charge in [-0.05, 0) is 37.0 Å². The first kappa shape index (κ1) is 22.1. The number of aromatic nitrogens is 3. The second-order valence-corrected chi connectivity index (χ2v) is 8.93. The molecule has 4 heterocycles. The van der Waals surface area contributed by atoms with E-state index in [4.69, 9.17) is 5.10 Å². The van der Waals surface area contributed by atoms with Crippen molar-refractivity contribution in [1.29, 1.82) is 0 Å². The molecule has 0 saturated carbocycles. The van der Waals surface area contributed by atoms with Crippen molar-refractivity contribution in [1.82, 2.24) is 29.5 Å². The predicted octanol–water partition coefficient (Wildman–Crippen LogP) is 3.36. The summed E-state index contributed by atoms with van der Waals surface area (Å²) in [6.07, 6.45) is 8.64. The highest BCUT2D eigenvalue weighted by atomic mass is 16.2. The van der Waals surface area contributed by atoms with Gasteiger partial charge in [-0.1, -0.05) is 30.3 Å². The lowest BCUT2D eigenvalue weighted by molar-refractivity contribution is 0.0633. The van der Waals surface area contributed by atoms with Crippen molar-refractivity contribution in [2.75, 3.05) is 39.3 Å². The highest BCUT2D eigenvalue weighted by Gasteiger charge is 2.30. The average molecular weight is 459 g/mol. The monoisotopic (exact) mass is 458 g/mol. The number of hydrogen-bond acceptors (Lipinski definition) is 4. The van der Waals surface area contributed by atoms with Crippen molar-refractivity contribution in [2.45, 2.75) is 25.8 Å². The molecule has 0 aliphatic carbocycles. The number of hydrogen-bond donors (Lipinski definition) is 0. The van der Waals surface area contributed by atoms with E-state index in [1.807, 2.05) is 68.0 Å². The molecule has 2 aliphatic rings. The SMILES string of the molecule is O=C(c1cn(Cc2ccccc2)nc1-c1cccnc1)N1CCN(C(=O)N2CCCCC2)CC1. The van der Waals surface area contributed by atoms with Gasteiger partial charge in [0.15, 0.2) is 0 Å². The zero-order valence-corrected chi connectivity index (χ0v) is 19.3. The molecule has 3 aromatic rings. The number of benzene rings is 1. The van der Waals surface area contributed by atoms with Crippen LogP contribution in [0.25, 0.3) is 11.3 Å². The van der Waals surface area contributed by atoms with Gasteiger partial charge in [-0.2, -0.15) is 5.10 Å². The molecule has 0 atom stereocenters. The Labute approximate surface area is 199 Å². The molecular weight excluding hydrogens is 428 g/mol. The topological polar surface area (TPSA) is 74.6 Å². The predicted molar refractivity (Wildman–Crippen MR) is 129 cm³/mol. The number of rotatable bonds is 4. The van der Waals surface area contributed by atoms with E-state index in [0.717, 1.165) is 37.1 Å². The Balaban J connectivity index is 1.32. The molecule has 176 valence electrons. The number of pyridine rings is 1. The summed E-state index contributed by atoms with van der Waals surface area (Å²) in [6.45, 7) is 4.42. The van der Waals surface area contributed by atoms with Crippen molar-refractivity contribution in [3.05, 3.63) is 72.2 Å². The summed E-state index contributed by atoms with van der Waals surface area (Å²) in [7, 11) is 0. The lowest BCUT2D eigenvalue weighted by atomic mass is 10.1. The Morgan fingerprint density at radius 1 is 0.794 bits per heavy atom. The molecular formula is C26H30N6O2. The molecule has 1 aromatic carbocycles. The second kappa shape index (κ2) is 10.1. The normalized spacial score (nSPS) is 16.5. The molecule has 8 nitrogen and oxygen atoms in total. The summed E-state index contributed by atoms with van der Waals surface area (Å²) >= 11 is 0. The number of piperazine rings is 1. The molecule has 2 aromatic heterocycles. The second-order valence-electron chi connectivity index (χ2n) is 8.93. The molecule has 3 amide bonds. The number of carbonyl (C=O) groups is 2. The van der Waals surface area contributed by atoms with Crippen LogP contribution < -0.4 is 0 Å². The fourth-order valence-corrected chi connectivity index (χ4v) is 4.70. The largest absolute Gasteiger partial charge is 0.335 e. The molecule has 0 spiro atoms. The highest BCUT2D eigenvalue weighted by molar-refractivity contribution is 6.00. The lowest BCUT2D eigenvalue weighted by Crippen LogP contribution is -2.54. The Morgan fingerprint density at radius 2 is 1.50 bits per heavy atom. The zero-order valence-electron chi connectivity index (χ0n) is 19.3. The van der Waals surface area contributed by atoms with E-state index in [0.29, 0.717) is 44.0 Å². The summed E-state index contributed by atoms with van der Waals surface area (Å²) < 4.78 is 1.82. The van der Waals surface area contributed by atoms with Crippen LogP contribution in [0.15, 0.2) is 61.1 Å². The minimum absolute atomic E-state index is 0.0526. The summed E-state index contributed by atoms with van der Waals surface area (Å²) in [4.78, 5) is 36.3. The third-order valence-corrected chi connectivity index (χ3v) is 6.58. The molecule has 0 unspecified atom stereocenters.